The third-order valence-corrected chi connectivity index (χ3v) is 7.66. The standard InChI is InChI=1S/C24H30N2O3.C2HF3O2/c1-28-22-7-6-16(13-23(22)29-2)26-20-12-15-11-19-17-5-3-4-8-24(17,9-10-25-19)18(15)14-21(20)27;3-2(4,5)1(6)7/h6-7,12-14,17,19,25-27H,3-5,8-11H2,1-2H3;(H,6,7)/t17-,19+,24+;/m1./s1. The number of carboxylic acid groups (broad SMARTS) is 1. The highest BCUT2D eigenvalue weighted by Gasteiger charge is 2.51. The lowest BCUT2D eigenvalue weighted by Crippen LogP contribution is -2.59. The summed E-state index contributed by atoms with van der Waals surface area (Å²) in [5.41, 5.74) is 4.64. The number of carboxylic acids is 1. The van der Waals surface area contributed by atoms with E-state index in [0.717, 1.165) is 24.3 Å². The summed E-state index contributed by atoms with van der Waals surface area (Å²) >= 11 is 0. The molecular formula is C26H31F3N2O5. The van der Waals surface area contributed by atoms with Gasteiger partial charge < -0.3 is 30.3 Å². The maximum absolute atomic E-state index is 10.9. The van der Waals surface area contributed by atoms with Crippen LogP contribution in [0.1, 0.15) is 43.2 Å². The first-order chi connectivity index (χ1) is 17.1. The predicted octanol–water partition coefficient (Wildman–Crippen LogP) is 5.13. The predicted molar refractivity (Wildman–Crippen MR) is 128 cm³/mol. The number of hydrogen-bond acceptors (Lipinski definition) is 6. The van der Waals surface area contributed by atoms with E-state index in [9.17, 15) is 18.3 Å². The minimum atomic E-state index is -5.08. The number of fused-ring (bicyclic) bond motifs is 1. The molecule has 2 aromatic carbocycles. The van der Waals surface area contributed by atoms with Crippen LogP contribution in [0.25, 0.3) is 0 Å². The Morgan fingerprint density at radius 3 is 2.50 bits per heavy atom. The first kappa shape index (κ1) is 25.9. The smallest absolute Gasteiger partial charge is 0.490 e. The number of ether oxygens (including phenoxy) is 2. The number of methoxy groups -OCH3 is 2. The fourth-order valence-corrected chi connectivity index (χ4v) is 6.14. The molecule has 0 unspecified atom stereocenters. The van der Waals surface area contributed by atoms with Gasteiger partial charge in [0.2, 0.25) is 0 Å². The van der Waals surface area contributed by atoms with E-state index in [0.29, 0.717) is 29.2 Å². The van der Waals surface area contributed by atoms with Gasteiger partial charge in [-0.25, -0.2) is 4.79 Å². The number of nitrogens with one attached hydrogen (secondary N) is 2. The Morgan fingerprint density at radius 1 is 1.11 bits per heavy atom. The molecule has 0 radical (unpaired) electrons. The van der Waals surface area contributed by atoms with E-state index in [1.54, 1.807) is 14.2 Å². The molecule has 36 heavy (non-hydrogen) atoms. The average Bonchev–Trinajstić information content (AvgIpc) is 2.85. The van der Waals surface area contributed by atoms with E-state index in [1.807, 2.05) is 18.2 Å². The van der Waals surface area contributed by atoms with Crippen LogP contribution in [0.4, 0.5) is 24.5 Å². The van der Waals surface area contributed by atoms with Crippen molar-refractivity contribution in [2.45, 2.75) is 56.2 Å². The number of rotatable bonds is 4. The number of piperidine rings is 1. The van der Waals surface area contributed by atoms with Gasteiger partial charge in [0.05, 0.1) is 19.9 Å². The number of phenols is 1. The van der Waals surface area contributed by atoms with Gasteiger partial charge in [-0.2, -0.15) is 13.2 Å². The molecule has 10 heteroatoms. The van der Waals surface area contributed by atoms with Gasteiger partial charge in [-0.1, -0.05) is 12.8 Å². The number of anilines is 2. The van der Waals surface area contributed by atoms with Crippen molar-refractivity contribution in [1.29, 1.82) is 0 Å². The van der Waals surface area contributed by atoms with Crippen LogP contribution in [0.5, 0.6) is 17.2 Å². The second-order valence-electron chi connectivity index (χ2n) is 9.55. The fraction of sp³-hybridized carbons (Fsp3) is 0.500. The summed E-state index contributed by atoms with van der Waals surface area (Å²) < 4.78 is 42.5. The van der Waals surface area contributed by atoms with Crippen molar-refractivity contribution >= 4 is 17.3 Å². The van der Waals surface area contributed by atoms with Crippen LogP contribution in [0, 0.1) is 5.92 Å². The van der Waals surface area contributed by atoms with Crippen molar-refractivity contribution in [2.75, 3.05) is 26.1 Å². The van der Waals surface area contributed by atoms with Crippen LogP contribution in [-0.2, 0) is 16.6 Å². The Bertz CT molecular complexity index is 1120. The van der Waals surface area contributed by atoms with Crippen molar-refractivity contribution in [3.8, 4) is 17.2 Å². The van der Waals surface area contributed by atoms with E-state index < -0.39 is 12.1 Å². The summed E-state index contributed by atoms with van der Waals surface area (Å²) in [6, 6.07) is 10.5. The Morgan fingerprint density at radius 2 is 1.83 bits per heavy atom. The van der Waals surface area contributed by atoms with E-state index in [-0.39, 0.29) is 5.41 Å². The van der Waals surface area contributed by atoms with Crippen molar-refractivity contribution in [3.63, 3.8) is 0 Å². The van der Waals surface area contributed by atoms with Gasteiger partial charge in [0.1, 0.15) is 5.75 Å². The Balaban J connectivity index is 0.000000384. The molecule has 3 atom stereocenters. The number of benzene rings is 2. The van der Waals surface area contributed by atoms with E-state index >= 15 is 0 Å². The molecule has 2 bridgehead atoms. The van der Waals surface area contributed by atoms with Gasteiger partial charge in [-0.05, 0) is 73.5 Å². The number of hydrogen-bond donors (Lipinski definition) is 4. The number of halogens is 3. The average molecular weight is 509 g/mol. The minimum absolute atomic E-state index is 0.251. The van der Waals surface area contributed by atoms with Crippen molar-refractivity contribution < 1.29 is 37.7 Å². The zero-order valence-corrected chi connectivity index (χ0v) is 20.2. The highest BCUT2D eigenvalue weighted by atomic mass is 19.4. The van der Waals surface area contributed by atoms with Crippen LogP contribution >= 0.6 is 0 Å². The molecule has 2 fully saturated rings. The summed E-state index contributed by atoms with van der Waals surface area (Å²) in [6.45, 7) is 1.09. The highest BCUT2D eigenvalue weighted by Crippen LogP contribution is 2.55. The third kappa shape index (κ3) is 4.91. The maximum Gasteiger partial charge on any atom is 0.490 e. The quantitative estimate of drug-likeness (QED) is 0.425. The summed E-state index contributed by atoms with van der Waals surface area (Å²) in [4.78, 5) is 8.90. The zero-order chi connectivity index (χ0) is 26.1. The van der Waals surface area contributed by atoms with E-state index in [2.05, 4.69) is 22.8 Å². The zero-order valence-electron chi connectivity index (χ0n) is 20.2. The highest BCUT2D eigenvalue weighted by molar-refractivity contribution is 5.73. The first-order valence-electron chi connectivity index (χ1n) is 12.0. The van der Waals surface area contributed by atoms with Crippen LogP contribution in [0.2, 0.25) is 0 Å². The van der Waals surface area contributed by atoms with Crippen LogP contribution in [-0.4, -0.2) is 49.2 Å². The molecule has 2 aromatic rings. The Kier molecular flexibility index (Phi) is 7.26. The normalized spacial score (nSPS) is 24.4. The lowest BCUT2D eigenvalue weighted by atomic mass is 9.53. The molecule has 7 nitrogen and oxygen atoms in total. The minimum Gasteiger partial charge on any atom is -0.506 e. The van der Waals surface area contributed by atoms with Gasteiger partial charge in [-0.3, -0.25) is 0 Å². The monoisotopic (exact) mass is 508 g/mol. The summed E-state index contributed by atoms with van der Waals surface area (Å²) in [5, 5.41) is 25.2. The molecule has 4 N–H and O–H groups in total. The molecule has 0 amide bonds. The lowest BCUT2D eigenvalue weighted by molar-refractivity contribution is -0.192. The van der Waals surface area contributed by atoms with Crippen LogP contribution < -0.4 is 20.1 Å². The van der Waals surface area contributed by atoms with Crippen molar-refractivity contribution in [3.05, 3.63) is 41.5 Å². The lowest BCUT2D eigenvalue weighted by Gasteiger charge is -2.56. The van der Waals surface area contributed by atoms with Crippen LogP contribution in [0.15, 0.2) is 30.3 Å². The summed E-state index contributed by atoms with van der Waals surface area (Å²) in [6.07, 6.45) is 2.35. The summed E-state index contributed by atoms with van der Waals surface area (Å²) in [5.74, 6) is -0.366. The number of aromatic hydroxyl groups is 1. The second-order valence-corrected chi connectivity index (χ2v) is 9.55. The first-order valence-corrected chi connectivity index (χ1v) is 12.0. The topological polar surface area (TPSA) is 100 Å². The van der Waals surface area contributed by atoms with Gasteiger partial charge in [0.25, 0.3) is 0 Å². The molecule has 2 aliphatic carbocycles. The van der Waals surface area contributed by atoms with Crippen molar-refractivity contribution in [2.24, 2.45) is 5.92 Å². The van der Waals surface area contributed by atoms with E-state index in [4.69, 9.17) is 19.4 Å². The molecule has 5 rings (SSSR count). The van der Waals surface area contributed by atoms with Crippen LogP contribution in [0.3, 0.4) is 0 Å². The number of aliphatic carboxylic acids is 1. The van der Waals surface area contributed by atoms with Gasteiger partial charge >= 0.3 is 12.1 Å². The number of alkyl halides is 3. The largest absolute Gasteiger partial charge is 0.506 e. The molecule has 1 saturated carbocycles. The molecule has 0 spiro atoms. The molecule has 0 aromatic heterocycles. The van der Waals surface area contributed by atoms with Gasteiger partial charge in [0, 0.05) is 23.2 Å². The number of phenolic OH excluding ortho intramolecular Hbond substituents is 1. The summed E-state index contributed by atoms with van der Waals surface area (Å²) in [7, 11) is 3.26. The van der Waals surface area contributed by atoms with Crippen molar-refractivity contribution in [1.82, 2.24) is 5.32 Å². The Labute approximate surface area is 207 Å². The number of carbonyl (C=O) groups is 1. The van der Waals surface area contributed by atoms with Gasteiger partial charge in [-0.15, -0.1) is 0 Å². The molecule has 196 valence electrons. The molecule has 1 saturated heterocycles. The Hall–Kier alpha value is -3.14. The fourth-order valence-electron chi connectivity index (χ4n) is 6.14. The SMILES string of the molecule is COc1ccc(Nc2cc3c(cc2O)[C@]24CCCC[C@@H]2[C@H](C3)NCC4)cc1OC.O=C(O)C(F)(F)F. The molecule has 3 aliphatic rings. The third-order valence-electron chi connectivity index (χ3n) is 7.66. The molecule has 1 heterocycles. The maximum atomic E-state index is 10.9. The van der Waals surface area contributed by atoms with E-state index in [1.165, 1.54) is 43.2 Å². The second kappa shape index (κ2) is 10.1. The van der Waals surface area contributed by atoms with Gasteiger partial charge in [0.15, 0.2) is 11.5 Å². The molecular weight excluding hydrogens is 477 g/mol. The molecule has 1 aliphatic heterocycles.